The van der Waals surface area contributed by atoms with E-state index in [4.69, 9.17) is 17.3 Å². The molecule has 0 aliphatic carbocycles. The van der Waals surface area contributed by atoms with Gasteiger partial charge in [-0.2, -0.15) is 0 Å². The van der Waals surface area contributed by atoms with Crippen molar-refractivity contribution < 1.29 is 4.79 Å². The molecule has 5 nitrogen and oxygen atoms in total. The zero-order valence-electron chi connectivity index (χ0n) is 8.77. The molecule has 2 rings (SSSR count). The Bertz CT molecular complexity index is 373. The van der Waals surface area contributed by atoms with Gasteiger partial charge in [-0.1, -0.05) is 11.6 Å². The summed E-state index contributed by atoms with van der Waals surface area (Å²) in [5.41, 5.74) is 6.11. The normalized spacial score (nSPS) is 17.5. The maximum atomic E-state index is 12.0. The first-order valence-electron chi connectivity index (χ1n) is 5.21. The highest BCUT2D eigenvalue weighted by Gasteiger charge is 2.22. The summed E-state index contributed by atoms with van der Waals surface area (Å²) in [5.74, 6) is -0.101. The van der Waals surface area contributed by atoms with Crippen molar-refractivity contribution in [1.82, 2.24) is 15.1 Å². The second kappa shape index (κ2) is 4.76. The predicted molar refractivity (Wildman–Crippen MR) is 60.2 cm³/mol. The van der Waals surface area contributed by atoms with E-state index in [0.29, 0.717) is 18.8 Å². The SMILES string of the molecule is NC1CCN(C(=O)c2ccc(Cl)nn2)CC1. The number of likely N-dealkylation sites (tertiary alicyclic amines) is 1. The average molecular weight is 241 g/mol. The molecule has 1 aromatic rings. The Labute approximate surface area is 98.6 Å². The molecule has 0 spiro atoms. The molecule has 2 N–H and O–H groups in total. The topological polar surface area (TPSA) is 72.1 Å². The van der Waals surface area contributed by atoms with Gasteiger partial charge in [-0.15, -0.1) is 10.2 Å². The predicted octanol–water partition coefficient (Wildman–Crippen LogP) is 0.693. The van der Waals surface area contributed by atoms with Gasteiger partial charge in [0, 0.05) is 19.1 Å². The van der Waals surface area contributed by atoms with E-state index in [1.807, 2.05) is 0 Å². The van der Waals surface area contributed by atoms with Crippen molar-refractivity contribution in [3.8, 4) is 0 Å². The van der Waals surface area contributed by atoms with Crippen LogP contribution in [0.2, 0.25) is 5.15 Å². The maximum absolute atomic E-state index is 12.0. The van der Waals surface area contributed by atoms with Gasteiger partial charge in [-0.25, -0.2) is 0 Å². The fourth-order valence-corrected chi connectivity index (χ4v) is 1.80. The molecule has 0 radical (unpaired) electrons. The molecule has 1 aliphatic rings. The molecule has 0 bridgehead atoms. The number of nitrogens with zero attached hydrogens (tertiary/aromatic N) is 3. The minimum Gasteiger partial charge on any atom is -0.337 e. The summed E-state index contributed by atoms with van der Waals surface area (Å²) in [6.45, 7) is 1.37. The molecule has 0 atom stereocenters. The number of carbonyl (C=O) groups is 1. The number of hydrogen-bond donors (Lipinski definition) is 1. The van der Waals surface area contributed by atoms with Crippen LogP contribution in [0.4, 0.5) is 0 Å². The molecule has 2 heterocycles. The van der Waals surface area contributed by atoms with E-state index in [-0.39, 0.29) is 17.1 Å². The Morgan fingerprint density at radius 1 is 1.38 bits per heavy atom. The number of piperidine rings is 1. The highest BCUT2D eigenvalue weighted by atomic mass is 35.5. The zero-order chi connectivity index (χ0) is 11.5. The van der Waals surface area contributed by atoms with Crippen LogP contribution in [-0.4, -0.2) is 40.1 Å². The highest BCUT2D eigenvalue weighted by molar-refractivity contribution is 6.29. The molecule has 0 aromatic carbocycles. The summed E-state index contributed by atoms with van der Waals surface area (Å²) in [5, 5.41) is 7.71. The van der Waals surface area contributed by atoms with Crippen LogP contribution in [0, 0.1) is 0 Å². The van der Waals surface area contributed by atoms with Gasteiger partial charge in [0.05, 0.1) is 0 Å². The molecule has 1 fully saturated rings. The van der Waals surface area contributed by atoms with Crippen molar-refractivity contribution in [1.29, 1.82) is 0 Å². The van der Waals surface area contributed by atoms with Gasteiger partial charge in [-0.3, -0.25) is 4.79 Å². The van der Waals surface area contributed by atoms with Gasteiger partial charge in [0.2, 0.25) is 0 Å². The second-order valence-electron chi connectivity index (χ2n) is 3.87. The largest absolute Gasteiger partial charge is 0.337 e. The minimum absolute atomic E-state index is 0.101. The Morgan fingerprint density at radius 3 is 2.62 bits per heavy atom. The Morgan fingerprint density at radius 2 is 2.06 bits per heavy atom. The molecule has 1 aromatic heterocycles. The van der Waals surface area contributed by atoms with E-state index < -0.39 is 0 Å². The smallest absolute Gasteiger partial charge is 0.274 e. The standard InChI is InChI=1S/C10H13ClN4O/c11-9-2-1-8(13-14-9)10(16)15-5-3-7(12)4-6-15/h1-2,7H,3-6,12H2. The summed E-state index contributed by atoms with van der Waals surface area (Å²) in [6, 6.07) is 3.37. The lowest BCUT2D eigenvalue weighted by Crippen LogP contribution is -2.43. The number of halogens is 1. The van der Waals surface area contributed by atoms with E-state index in [1.165, 1.54) is 0 Å². The number of rotatable bonds is 1. The first kappa shape index (κ1) is 11.3. The average Bonchev–Trinajstić information content (AvgIpc) is 2.30. The lowest BCUT2D eigenvalue weighted by Gasteiger charge is -2.29. The van der Waals surface area contributed by atoms with Crippen molar-refractivity contribution in [3.05, 3.63) is 23.0 Å². The molecular formula is C10H13ClN4O. The maximum Gasteiger partial charge on any atom is 0.274 e. The summed E-state index contributed by atoms with van der Waals surface area (Å²) in [6.07, 6.45) is 1.68. The van der Waals surface area contributed by atoms with E-state index in [1.54, 1.807) is 17.0 Å². The lowest BCUT2D eigenvalue weighted by molar-refractivity contribution is 0.0707. The monoisotopic (exact) mass is 240 g/mol. The lowest BCUT2D eigenvalue weighted by atomic mass is 10.1. The van der Waals surface area contributed by atoms with Crippen LogP contribution in [0.25, 0.3) is 0 Å². The number of hydrogen-bond acceptors (Lipinski definition) is 4. The van der Waals surface area contributed by atoms with Crippen molar-refractivity contribution in [2.45, 2.75) is 18.9 Å². The third kappa shape index (κ3) is 2.48. The summed E-state index contributed by atoms with van der Waals surface area (Å²) in [7, 11) is 0. The molecule has 1 amide bonds. The van der Waals surface area contributed by atoms with Crippen LogP contribution < -0.4 is 5.73 Å². The quantitative estimate of drug-likeness (QED) is 0.784. The molecule has 0 saturated carbocycles. The summed E-state index contributed by atoms with van der Waals surface area (Å²) in [4.78, 5) is 13.7. The molecule has 1 aliphatic heterocycles. The fourth-order valence-electron chi connectivity index (χ4n) is 1.69. The van der Waals surface area contributed by atoms with Crippen molar-refractivity contribution in [2.24, 2.45) is 5.73 Å². The van der Waals surface area contributed by atoms with Gasteiger partial charge < -0.3 is 10.6 Å². The Kier molecular flexibility index (Phi) is 3.36. The number of carbonyl (C=O) groups excluding carboxylic acids is 1. The van der Waals surface area contributed by atoms with E-state index in [2.05, 4.69) is 10.2 Å². The number of nitrogens with two attached hydrogens (primary N) is 1. The van der Waals surface area contributed by atoms with E-state index in [0.717, 1.165) is 12.8 Å². The fraction of sp³-hybridized carbons (Fsp3) is 0.500. The van der Waals surface area contributed by atoms with Crippen LogP contribution in [0.15, 0.2) is 12.1 Å². The molecule has 0 unspecified atom stereocenters. The molecule has 1 saturated heterocycles. The summed E-state index contributed by atoms with van der Waals surface area (Å²) >= 11 is 5.61. The third-order valence-electron chi connectivity index (χ3n) is 2.68. The Hall–Kier alpha value is -1.20. The highest BCUT2D eigenvalue weighted by Crippen LogP contribution is 2.12. The van der Waals surface area contributed by atoms with Gasteiger partial charge in [0.25, 0.3) is 5.91 Å². The molecule has 86 valence electrons. The summed E-state index contributed by atoms with van der Waals surface area (Å²) < 4.78 is 0. The first-order valence-corrected chi connectivity index (χ1v) is 5.58. The van der Waals surface area contributed by atoms with Crippen LogP contribution in [0.3, 0.4) is 0 Å². The van der Waals surface area contributed by atoms with Gasteiger partial charge >= 0.3 is 0 Å². The number of aromatic nitrogens is 2. The molecule has 16 heavy (non-hydrogen) atoms. The van der Waals surface area contributed by atoms with Gasteiger partial charge in [0.15, 0.2) is 10.8 Å². The van der Waals surface area contributed by atoms with Crippen LogP contribution in [0.1, 0.15) is 23.3 Å². The van der Waals surface area contributed by atoms with Crippen LogP contribution in [-0.2, 0) is 0 Å². The second-order valence-corrected chi connectivity index (χ2v) is 4.26. The van der Waals surface area contributed by atoms with Gasteiger partial charge in [-0.05, 0) is 25.0 Å². The van der Waals surface area contributed by atoms with Crippen molar-refractivity contribution in [2.75, 3.05) is 13.1 Å². The van der Waals surface area contributed by atoms with E-state index in [9.17, 15) is 4.79 Å². The molecular weight excluding hydrogens is 228 g/mol. The van der Waals surface area contributed by atoms with Crippen molar-refractivity contribution in [3.63, 3.8) is 0 Å². The third-order valence-corrected chi connectivity index (χ3v) is 2.88. The molecule has 6 heteroatoms. The first-order chi connectivity index (χ1) is 7.66. The zero-order valence-corrected chi connectivity index (χ0v) is 9.52. The minimum atomic E-state index is -0.101. The number of amides is 1. The van der Waals surface area contributed by atoms with Gasteiger partial charge in [0.1, 0.15) is 0 Å². The Balaban J connectivity index is 2.05. The van der Waals surface area contributed by atoms with Crippen LogP contribution >= 0.6 is 11.6 Å². The van der Waals surface area contributed by atoms with Crippen molar-refractivity contribution >= 4 is 17.5 Å². The van der Waals surface area contributed by atoms with E-state index >= 15 is 0 Å². The van der Waals surface area contributed by atoms with Crippen LogP contribution in [0.5, 0.6) is 0 Å².